The zero-order valence-corrected chi connectivity index (χ0v) is 12.2. The molecule has 2 aromatic rings. The number of rotatable bonds is 5. The predicted molar refractivity (Wildman–Crippen MR) is 82.1 cm³/mol. The second-order valence-electron chi connectivity index (χ2n) is 5.74. The van der Waals surface area contributed by atoms with Gasteiger partial charge in [0.1, 0.15) is 6.04 Å². The van der Waals surface area contributed by atoms with Crippen LogP contribution in [-0.2, 0) is 30.8 Å². The number of carboxylic acid groups (broad SMARTS) is 1. The first-order valence-electron chi connectivity index (χ1n) is 7.42. The SMILES string of the molecule is CCCn1cc(CC(N)C(=O)O)c2cc3c(cc21)CNC3. The molecule has 112 valence electrons. The largest absolute Gasteiger partial charge is 0.480 e. The Bertz CT molecular complexity index is 690. The van der Waals surface area contributed by atoms with Crippen LogP contribution in [0.25, 0.3) is 10.9 Å². The van der Waals surface area contributed by atoms with Gasteiger partial charge in [-0.05, 0) is 35.2 Å². The molecule has 1 unspecified atom stereocenters. The number of aromatic nitrogens is 1. The monoisotopic (exact) mass is 287 g/mol. The van der Waals surface area contributed by atoms with Crippen molar-refractivity contribution in [3.63, 3.8) is 0 Å². The quantitative estimate of drug-likeness (QED) is 0.780. The van der Waals surface area contributed by atoms with E-state index in [2.05, 4.69) is 35.1 Å². The lowest BCUT2D eigenvalue weighted by Crippen LogP contribution is -2.32. The number of benzene rings is 1. The Morgan fingerprint density at radius 2 is 2.14 bits per heavy atom. The minimum atomic E-state index is -0.950. The van der Waals surface area contributed by atoms with Gasteiger partial charge >= 0.3 is 5.97 Å². The Morgan fingerprint density at radius 3 is 2.81 bits per heavy atom. The van der Waals surface area contributed by atoms with Crippen LogP contribution >= 0.6 is 0 Å². The minimum absolute atomic E-state index is 0.370. The molecule has 3 rings (SSSR count). The number of hydrogen-bond donors (Lipinski definition) is 3. The van der Waals surface area contributed by atoms with E-state index in [0.717, 1.165) is 37.0 Å². The third kappa shape index (κ3) is 2.54. The van der Waals surface area contributed by atoms with E-state index < -0.39 is 12.0 Å². The smallest absolute Gasteiger partial charge is 0.320 e. The molecule has 2 heterocycles. The average molecular weight is 287 g/mol. The van der Waals surface area contributed by atoms with Crippen LogP contribution in [0.15, 0.2) is 18.3 Å². The van der Waals surface area contributed by atoms with Crippen LogP contribution < -0.4 is 11.1 Å². The first-order chi connectivity index (χ1) is 10.1. The molecule has 0 bridgehead atoms. The summed E-state index contributed by atoms with van der Waals surface area (Å²) in [6, 6.07) is 3.58. The lowest BCUT2D eigenvalue weighted by atomic mass is 10.0. The van der Waals surface area contributed by atoms with Gasteiger partial charge in [-0.15, -0.1) is 0 Å². The molecule has 1 aliphatic heterocycles. The van der Waals surface area contributed by atoms with Crippen molar-refractivity contribution in [1.29, 1.82) is 0 Å². The van der Waals surface area contributed by atoms with Crippen LogP contribution in [0, 0.1) is 0 Å². The zero-order valence-electron chi connectivity index (χ0n) is 12.2. The molecule has 0 radical (unpaired) electrons. The van der Waals surface area contributed by atoms with Gasteiger partial charge in [0.15, 0.2) is 0 Å². The lowest BCUT2D eigenvalue weighted by molar-refractivity contribution is -0.138. The molecule has 1 aromatic heterocycles. The third-order valence-electron chi connectivity index (χ3n) is 4.14. The maximum Gasteiger partial charge on any atom is 0.320 e. The maximum atomic E-state index is 11.0. The summed E-state index contributed by atoms with van der Waals surface area (Å²) in [5, 5.41) is 13.5. The van der Waals surface area contributed by atoms with Crippen molar-refractivity contribution >= 4 is 16.9 Å². The molecular weight excluding hydrogens is 266 g/mol. The van der Waals surface area contributed by atoms with E-state index in [0.29, 0.717) is 6.42 Å². The van der Waals surface area contributed by atoms with Gasteiger partial charge in [0.25, 0.3) is 0 Å². The highest BCUT2D eigenvalue weighted by Crippen LogP contribution is 2.28. The van der Waals surface area contributed by atoms with Crippen molar-refractivity contribution in [1.82, 2.24) is 9.88 Å². The molecule has 1 aliphatic rings. The standard InChI is InChI=1S/C16H21N3O2/c1-2-3-19-9-12(5-14(17)16(20)21)13-4-10-7-18-8-11(10)6-15(13)19/h4,6,9,14,18H,2-3,5,7-8,17H2,1H3,(H,20,21). The highest BCUT2D eigenvalue weighted by atomic mass is 16.4. The maximum absolute atomic E-state index is 11.0. The molecule has 5 nitrogen and oxygen atoms in total. The van der Waals surface area contributed by atoms with E-state index in [-0.39, 0.29) is 0 Å². The molecule has 0 aliphatic carbocycles. The molecule has 5 heteroatoms. The second kappa shape index (κ2) is 5.50. The minimum Gasteiger partial charge on any atom is -0.480 e. The van der Waals surface area contributed by atoms with Crippen molar-refractivity contribution in [2.45, 2.75) is 45.4 Å². The molecule has 0 amide bonds. The van der Waals surface area contributed by atoms with Crippen LogP contribution in [0.2, 0.25) is 0 Å². The van der Waals surface area contributed by atoms with Crippen LogP contribution in [0.5, 0.6) is 0 Å². The molecule has 1 aromatic carbocycles. The molecule has 0 saturated heterocycles. The Balaban J connectivity index is 2.08. The number of aliphatic carboxylic acids is 1. The summed E-state index contributed by atoms with van der Waals surface area (Å²) in [6.07, 6.45) is 3.48. The van der Waals surface area contributed by atoms with Crippen molar-refractivity contribution in [3.8, 4) is 0 Å². The highest BCUT2D eigenvalue weighted by molar-refractivity contribution is 5.87. The van der Waals surface area contributed by atoms with Crippen molar-refractivity contribution in [3.05, 3.63) is 35.0 Å². The van der Waals surface area contributed by atoms with Crippen LogP contribution in [0.3, 0.4) is 0 Å². The molecule has 0 spiro atoms. The normalized spacial score (nSPS) is 15.3. The van der Waals surface area contributed by atoms with Gasteiger partial charge in [0, 0.05) is 43.2 Å². The second-order valence-corrected chi connectivity index (χ2v) is 5.74. The van der Waals surface area contributed by atoms with Crippen LogP contribution in [-0.4, -0.2) is 21.7 Å². The fourth-order valence-electron chi connectivity index (χ4n) is 3.07. The van der Waals surface area contributed by atoms with Gasteiger partial charge in [-0.25, -0.2) is 0 Å². The zero-order chi connectivity index (χ0) is 15.0. The van der Waals surface area contributed by atoms with Gasteiger partial charge in [0.2, 0.25) is 0 Å². The summed E-state index contributed by atoms with van der Waals surface area (Å²) < 4.78 is 2.22. The molecule has 0 saturated carbocycles. The van der Waals surface area contributed by atoms with Gasteiger partial charge in [-0.3, -0.25) is 4.79 Å². The first-order valence-corrected chi connectivity index (χ1v) is 7.42. The van der Waals surface area contributed by atoms with Gasteiger partial charge in [0.05, 0.1) is 0 Å². The Hall–Kier alpha value is -1.85. The summed E-state index contributed by atoms with van der Waals surface area (Å²) >= 11 is 0. The Kier molecular flexibility index (Phi) is 3.69. The summed E-state index contributed by atoms with van der Waals surface area (Å²) in [7, 11) is 0. The highest BCUT2D eigenvalue weighted by Gasteiger charge is 2.19. The van der Waals surface area contributed by atoms with Crippen LogP contribution in [0.1, 0.15) is 30.0 Å². The summed E-state index contributed by atoms with van der Waals surface area (Å²) in [6.45, 7) is 4.87. The molecule has 21 heavy (non-hydrogen) atoms. The molecule has 1 atom stereocenters. The Labute approximate surface area is 123 Å². The predicted octanol–water partition coefficient (Wildman–Crippen LogP) is 1.61. The van der Waals surface area contributed by atoms with Crippen molar-refractivity contribution < 1.29 is 9.90 Å². The van der Waals surface area contributed by atoms with E-state index in [4.69, 9.17) is 10.8 Å². The Morgan fingerprint density at radius 1 is 1.43 bits per heavy atom. The van der Waals surface area contributed by atoms with E-state index >= 15 is 0 Å². The van der Waals surface area contributed by atoms with E-state index in [9.17, 15) is 4.79 Å². The van der Waals surface area contributed by atoms with Gasteiger partial charge in [-0.1, -0.05) is 6.92 Å². The van der Waals surface area contributed by atoms with Gasteiger partial charge in [-0.2, -0.15) is 0 Å². The number of hydrogen-bond acceptors (Lipinski definition) is 3. The summed E-state index contributed by atoms with van der Waals surface area (Å²) in [5.74, 6) is -0.950. The topological polar surface area (TPSA) is 80.3 Å². The third-order valence-corrected chi connectivity index (χ3v) is 4.14. The van der Waals surface area contributed by atoms with Crippen molar-refractivity contribution in [2.75, 3.05) is 0 Å². The number of fused-ring (bicyclic) bond motifs is 2. The lowest BCUT2D eigenvalue weighted by Gasteiger charge is -2.06. The van der Waals surface area contributed by atoms with Crippen molar-refractivity contribution in [2.24, 2.45) is 5.73 Å². The molecule has 0 fully saturated rings. The molecule has 4 N–H and O–H groups in total. The fourth-order valence-corrected chi connectivity index (χ4v) is 3.07. The number of carbonyl (C=O) groups is 1. The van der Waals surface area contributed by atoms with Crippen LogP contribution in [0.4, 0.5) is 0 Å². The number of nitrogens with zero attached hydrogens (tertiary/aromatic N) is 1. The summed E-state index contributed by atoms with van der Waals surface area (Å²) in [4.78, 5) is 11.0. The number of aryl methyl sites for hydroxylation is 1. The van der Waals surface area contributed by atoms with E-state index in [1.54, 1.807) is 0 Å². The average Bonchev–Trinajstić information content (AvgIpc) is 3.02. The molecular formula is C16H21N3O2. The number of nitrogens with two attached hydrogens (primary N) is 1. The first kappa shape index (κ1) is 14.1. The summed E-state index contributed by atoms with van der Waals surface area (Å²) in [5.41, 5.74) is 10.6. The number of carboxylic acids is 1. The van der Waals surface area contributed by atoms with E-state index in [1.165, 1.54) is 16.6 Å². The number of nitrogens with one attached hydrogen (secondary N) is 1. The van der Waals surface area contributed by atoms with E-state index in [1.807, 2.05) is 0 Å². The van der Waals surface area contributed by atoms with Gasteiger partial charge < -0.3 is 20.7 Å². The fraction of sp³-hybridized carbons (Fsp3) is 0.438.